The van der Waals surface area contributed by atoms with E-state index in [0.717, 1.165) is 0 Å². The maximum absolute atomic E-state index is 2.40. The molecule has 5 rings (SSSR count). The van der Waals surface area contributed by atoms with Crippen molar-refractivity contribution in [1.29, 1.82) is 0 Å². The van der Waals surface area contributed by atoms with Gasteiger partial charge in [-0.3, -0.25) is 0 Å². The van der Waals surface area contributed by atoms with Crippen molar-refractivity contribution in [1.82, 2.24) is 0 Å². The second-order valence-corrected chi connectivity index (χ2v) is 7.46. The van der Waals surface area contributed by atoms with Gasteiger partial charge in [0.1, 0.15) is 0 Å². The van der Waals surface area contributed by atoms with E-state index in [1.807, 2.05) is 13.8 Å². The van der Waals surface area contributed by atoms with Crippen LogP contribution in [-0.2, 0) is 5.41 Å². The molecule has 1 aliphatic rings. The highest BCUT2D eigenvalue weighted by Crippen LogP contribution is 2.49. The van der Waals surface area contributed by atoms with E-state index in [9.17, 15) is 0 Å². The van der Waals surface area contributed by atoms with E-state index in [1.54, 1.807) is 0 Å². The highest BCUT2D eigenvalue weighted by atomic mass is 14.4. The summed E-state index contributed by atoms with van der Waals surface area (Å²) in [6.07, 6.45) is 0. The first-order valence-electron chi connectivity index (χ1n) is 9.89. The van der Waals surface area contributed by atoms with Gasteiger partial charge < -0.3 is 0 Å². The molecule has 0 unspecified atom stereocenters. The monoisotopic (exact) mass is 350 g/mol. The zero-order valence-corrected chi connectivity index (χ0v) is 16.6. The van der Waals surface area contributed by atoms with E-state index in [4.69, 9.17) is 0 Å². The van der Waals surface area contributed by atoms with Crippen molar-refractivity contribution in [2.45, 2.75) is 33.1 Å². The SMILES string of the molecule is CC.CC1(C)c2ccccc2-c2ccc(-c3cccc4ccccc34)cc21. The van der Waals surface area contributed by atoms with Gasteiger partial charge >= 0.3 is 0 Å². The molecule has 134 valence electrons. The van der Waals surface area contributed by atoms with Crippen LogP contribution >= 0.6 is 0 Å². The van der Waals surface area contributed by atoms with E-state index >= 15 is 0 Å². The molecule has 0 nitrogen and oxygen atoms in total. The van der Waals surface area contributed by atoms with Crippen LogP contribution in [-0.4, -0.2) is 0 Å². The highest BCUT2D eigenvalue weighted by molar-refractivity contribution is 5.97. The lowest BCUT2D eigenvalue weighted by molar-refractivity contribution is 0.660. The van der Waals surface area contributed by atoms with E-state index in [0.29, 0.717) is 0 Å². The zero-order valence-electron chi connectivity index (χ0n) is 16.6. The van der Waals surface area contributed by atoms with Crippen molar-refractivity contribution < 1.29 is 0 Å². The molecule has 0 amide bonds. The fraction of sp³-hybridized carbons (Fsp3) is 0.185. The second kappa shape index (κ2) is 6.70. The molecule has 0 fully saturated rings. The summed E-state index contributed by atoms with van der Waals surface area (Å²) in [5.74, 6) is 0. The van der Waals surface area contributed by atoms with Gasteiger partial charge in [0.2, 0.25) is 0 Å². The molecule has 0 aliphatic heterocycles. The molecular weight excluding hydrogens is 324 g/mol. The fourth-order valence-corrected chi connectivity index (χ4v) is 4.35. The maximum Gasteiger partial charge on any atom is 0.0159 e. The Labute approximate surface area is 162 Å². The van der Waals surface area contributed by atoms with Crippen LogP contribution in [0.4, 0.5) is 0 Å². The van der Waals surface area contributed by atoms with Gasteiger partial charge in [-0.2, -0.15) is 0 Å². The van der Waals surface area contributed by atoms with Crippen molar-refractivity contribution in [2.24, 2.45) is 0 Å². The van der Waals surface area contributed by atoms with Crippen LogP contribution in [0.25, 0.3) is 33.0 Å². The lowest BCUT2D eigenvalue weighted by atomic mass is 9.81. The Kier molecular flexibility index (Phi) is 4.36. The molecule has 0 heterocycles. The maximum atomic E-state index is 2.40. The van der Waals surface area contributed by atoms with Gasteiger partial charge in [-0.15, -0.1) is 0 Å². The van der Waals surface area contributed by atoms with E-state index in [1.165, 1.54) is 44.2 Å². The van der Waals surface area contributed by atoms with Gasteiger partial charge in [0.05, 0.1) is 0 Å². The molecule has 0 aromatic heterocycles. The quantitative estimate of drug-likeness (QED) is 0.328. The van der Waals surface area contributed by atoms with Gasteiger partial charge in [-0.25, -0.2) is 0 Å². The third kappa shape index (κ3) is 2.68. The molecule has 0 saturated carbocycles. The average molecular weight is 351 g/mol. The Morgan fingerprint density at radius 1 is 0.556 bits per heavy atom. The zero-order chi connectivity index (χ0) is 19.0. The van der Waals surface area contributed by atoms with Crippen LogP contribution in [0.15, 0.2) is 84.9 Å². The smallest absolute Gasteiger partial charge is 0.0159 e. The molecule has 1 aliphatic carbocycles. The van der Waals surface area contributed by atoms with E-state index < -0.39 is 0 Å². The Balaban J connectivity index is 0.000000872. The molecule has 0 N–H and O–H groups in total. The third-order valence-corrected chi connectivity index (χ3v) is 5.68. The van der Waals surface area contributed by atoms with Gasteiger partial charge in [0, 0.05) is 5.41 Å². The van der Waals surface area contributed by atoms with Crippen LogP contribution in [0.3, 0.4) is 0 Å². The summed E-state index contributed by atoms with van der Waals surface area (Å²) in [6.45, 7) is 8.68. The molecule has 4 aromatic carbocycles. The van der Waals surface area contributed by atoms with Crippen molar-refractivity contribution in [3.63, 3.8) is 0 Å². The summed E-state index contributed by atoms with van der Waals surface area (Å²) in [4.78, 5) is 0. The Morgan fingerprint density at radius 2 is 1.19 bits per heavy atom. The predicted octanol–water partition coefficient (Wildman–Crippen LogP) is 7.84. The Bertz CT molecular complexity index is 1110. The van der Waals surface area contributed by atoms with Gasteiger partial charge in [0.15, 0.2) is 0 Å². The Morgan fingerprint density at radius 3 is 2.04 bits per heavy atom. The molecule has 0 spiro atoms. The fourth-order valence-electron chi connectivity index (χ4n) is 4.35. The van der Waals surface area contributed by atoms with Crippen LogP contribution in [0.2, 0.25) is 0 Å². The average Bonchev–Trinajstić information content (AvgIpc) is 2.96. The van der Waals surface area contributed by atoms with E-state index in [2.05, 4.69) is 98.8 Å². The summed E-state index contributed by atoms with van der Waals surface area (Å²) in [7, 11) is 0. The van der Waals surface area contributed by atoms with Crippen LogP contribution in [0, 0.1) is 0 Å². The normalized spacial score (nSPS) is 13.5. The topological polar surface area (TPSA) is 0 Å². The van der Waals surface area contributed by atoms with Gasteiger partial charge in [-0.05, 0) is 50.2 Å². The van der Waals surface area contributed by atoms with Gasteiger partial charge in [-0.1, -0.05) is 107 Å². The molecule has 0 bridgehead atoms. The summed E-state index contributed by atoms with van der Waals surface area (Å²) in [5.41, 5.74) is 8.28. The molecule has 27 heavy (non-hydrogen) atoms. The lowest BCUT2D eigenvalue weighted by Gasteiger charge is -2.22. The number of fused-ring (bicyclic) bond motifs is 4. The van der Waals surface area contributed by atoms with Crippen molar-refractivity contribution in [3.8, 4) is 22.3 Å². The standard InChI is InChI=1S/C25H20.C2H6/c1-25(2)23-13-6-5-11-21(23)22-15-14-18(16-24(22)25)20-12-7-9-17-8-3-4-10-19(17)20;1-2/h3-16H,1-2H3;1-2H3. The Hall–Kier alpha value is -2.86. The number of benzene rings is 4. The number of rotatable bonds is 1. The molecule has 4 aromatic rings. The number of hydrogen-bond donors (Lipinski definition) is 0. The largest absolute Gasteiger partial charge is 0.0683 e. The first-order chi connectivity index (χ1) is 13.2. The van der Waals surface area contributed by atoms with Crippen LogP contribution < -0.4 is 0 Å². The van der Waals surface area contributed by atoms with Crippen molar-refractivity contribution >= 4 is 10.8 Å². The summed E-state index contributed by atoms with van der Waals surface area (Å²) < 4.78 is 0. The van der Waals surface area contributed by atoms with Crippen molar-refractivity contribution in [3.05, 3.63) is 96.1 Å². The summed E-state index contributed by atoms with van der Waals surface area (Å²) >= 11 is 0. The molecule has 0 saturated heterocycles. The third-order valence-electron chi connectivity index (χ3n) is 5.68. The minimum atomic E-state index is 0.0481. The molecule has 0 heteroatoms. The predicted molar refractivity (Wildman–Crippen MR) is 118 cm³/mol. The summed E-state index contributed by atoms with van der Waals surface area (Å²) in [5, 5.41) is 2.61. The summed E-state index contributed by atoms with van der Waals surface area (Å²) in [6, 6.07) is 31.0. The minimum Gasteiger partial charge on any atom is -0.0683 e. The first-order valence-corrected chi connectivity index (χ1v) is 9.89. The number of hydrogen-bond acceptors (Lipinski definition) is 0. The van der Waals surface area contributed by atoms with E-state index in [-0.39, 0.29) is 5.41 Å². The molecule has 0 atom stereocenters. The second-order valence-electron chi connectivity index (χ2n) is 7.46. The molecular formula is C27H26. The van der Waals surface area contributed by atoms with Crippen molar-refractivity contribution in [2.75, 3.05) is 0 Å². The first kappa shape index (κ1) is 17.5. The lowest BCUT2D eigenvalue weighted by Crippen LogP contribution is -2.14. The molecule has 0 radical (unpaired) electrons. The minimum absolute atomic E-state index is 0.0481. The van der Waals surface area contributed by atoms with Crippen LogP contribution in [0.1, 0.15) is 38.8 Å². The van der Waals surface area contributed by atoms with Gasteiger partial charge in [0.25, 0.3) is 0 Å². The highest BCUT2D eigenvalue weighted by Gasteiger charge is 2.35. The van der Waals surface area contributed by atoms with Crippen LogP contribution in [0.5, 0.6) is 0 Å².